The normalized spacial score (nSPS) is 22.7. The van der Waals surface area contributed by atoms with Gasteiger partial charge in [0.2, 0.25) is 0 Å². The van der Waals surface area contributed by atoms with Crippen molar-refractivity contribution in [3.8, 4) is 0 Å². The van der Waals surface area contributed by atoms with E-state index in [9.17, 15) is 0 Å². The van der Waals surface area contributed by atoms with Gasteiger partial charge in [0.15, 0.2) is 5.96 Å². The number of likely N-dealkylation sites (tertiary alicyclic amines) is 1. The van der Waals surface area contributed by atoms with Crippen LogP contribution in [0.25, 0.3) is 0 Å². The van der Waals surface area contributed by atoms with Crippen LogP contribution in [-0.4, -0.2) is 68.7 Å². The summed E-state index contributed by atoms with van der Waals surface area (Å²) in [5.41, 5.74) is 0. The third kappa shape index (κ3) is 5.96. The summed E-state index contributed by atoms with van der Waals surface area (Å²) < 4.78 is 5.51. The van der Waals surface area contributed by atoms with Crippen LogP contribution in [0.5, 0.6) is 0 Å². The van der Waals surface area contributed by atoms with E-state index in [0.29, 0.717) is 11.8 Å². The van der Waals surface area contributed by atoms with E-state index in [1.54, 1.807) is 0 Å². The summed E-state index contributed by atoms with van der Waals surface area (Å²) in [7, 11) is 2.16. The Labute approximate surface area is 162 Å². The molecular formula is C20H34N4OS. The first-order valence-electron chi connectivity index (χ1n) is 10.1. The van der Waals surface area contributed by atoms with Crippen molar-refractivity contribution in [1.29, 1.82) is 0 Å². The molecule has 0 saturated carbocycles. The molecule has 0 amide bonds. The molecule has 2 aliphatic heterocycles. The van der Waals surface area contributed by atoms with Crippen LogP contribution in [0.3, 0.4) is 0 Å². The van der Waals surface area contributed by atoms with Gasteiger partial charge in [-0.05, 0) is 56.6 Å². The Bertz CT molecular complexity index is 534. The third-order valence-corrected chi connectivity index (χ3v) is 6.28. The fourth-order valence-corrected chi connectivity index (χ4v) is 4.58. The Kier molecular flexibility index (Phi) is 7.77. The molecule has 26 heavy (non-hydrogen) atoms. The lowest BCUT2D eigenvalue weighted by Crippen LogP contribution is -2.42. The number of ether oxygens (including phenoxy) is 1. The number of rotatable bonds is 7. The van der Waals surface area contributed by atoms with Gasteiger partial charge in [-0.25, -0.2) is 0 Å². The van der Waals surface area contributed by atoms with Crippen molar-refractivity contribution in [2.75, 3.05) is 53.0 Å². The molecule has 0 aliphatic carbocycles. The monoisotopic (exact) mass is 378 g/mol. The van der Waals surface area contributed by atoms with Crippen molar-refractivity contribution in [2.45, 2.75) is 32.7 Å². The minimum Gasteiger partial charge on any atom is -0.381 e. The Hall–Kier alpha value is -1.11. The number of hydrogen-bond acceptors (Lipinski definition) is 4. The molecule has 1 atom stereocenters. The van der Waals surface area contributed by atoms with Gasteiger partial charge in [-0.2, -0.15) is 0 Å². The van der Waals surface area contributed by atoms with Crippen molar-refractivity contribution in [2.24, 2.45) is 16.8 Å². The number of nitrogens with zero attached hydrogens (tertiary/aromatic N) is 3. The van der Waals surface area contributed by atoms with E-state index < -0.39 is 0 Å². The van der Waals surface area contributed by atoms with Crippen molar-refractivity contribution >= 4 is 17.3 Å². The smallest absolute Gasteiger partial charge is 0.193 e. The molecule has 3 rings (SSSR count). The second-order valence-corrected chi connectivity index (χ2v) is 8.64. The highest BCUT2D eigenvalue weighted by Crippen LogP contribution is 2.21. The van der Waals surface area contributed by atoms with E-state index in [4.69, 9.17) is 9.73 Å². The van der Waals surface area contributed by atoms with Crippen molar-refractivity contribution < 1.29 is 4.74 Å². The van der Waals surface area contributed by atoms with E-state index in [2.05, 4.69) is 46.6 Å². The summed E-state index contributed by atoms with van der Waals surface area (Å²) in [5, 5.41) is 5.63. The fourth-order valence-electron chi connectivity index (χ4n) is 3.84. The molecule has 0 spiro atoms. The SMILES string of the molecule is CCNC(=NCC1CCN(Cc2cccs2)CC1)N(C)CC1CCOC1. The summed E-state index contributed by atoms with van der Waals surface area (Å²) in [4.78, 5) is 11.3. The van der Waals surface area contributed by atoms with E-state index in [0.717, 1.165) is 45.4 Å². The van der Waals surface area contributed by atoms with Crippen LogP contribution >= 0.6 is 11.3 Å². The number of thiophene rings is 1. The van der Waals surface area contributed by atoms with Crippen LogP contribution in [-0.2, 0) is 11.3 Å². The highest BCUT2D eigenvalue weighted by Gasteiger charge is 2.21. The van der Waals surface area contributed by atoms with E-state index in [1.165, 1.54) is 37.2 Å². The maximum Gasteiger partial charge on any atom is 0.193 e. The van der Waals surface area contributed by atoms with Crippen LogP contribution in [0, 0.1) is 11.8 Å². The van der Waals surface area contributed by atoms with E-state index in [1.807, 2.05) is 11.3 Å². The number of aliphatic imine (C=N–C) groups is 1. The van der Waals surface area contributed by atoms with Gasteiger partial charge in [-0.3, -0.25) is 9.89 Å². The lowest BCUT2D eigenvalue weighted by molar-refractivity contribution is 0.180. The Morgan fingerprint density at radius 1 is 1.35 bits per heavy atom. The largest absolute Gasteiger partial charge is 0.381 e. The van der Waals surface area contributed by atoms with Crippen LogP contribution in [0.1, 0.15) is 31.1 Å². The molecule has 5 nitrogen and oxygen atoms in total. The van der Waals surface area contributed by atoms with Crippen LogP contribution in [0.15, 0.2) is 22.5 Å². The van der Waals surface area contributed by atoms with Crippen molar-refractivity contribution in [3.05, 3.63) is 22.4 Å². The molecule has 0 aromatic carbocycles. The second-order valence-electron chi connectivity index (χ2n) is 7.60. The first kappa shape index (κ1) is 19.6. The number of piperidine rings is 1. The minimum atomic E-state index is 0.643. The zero-order chi connectivity index (χ0) is 18.2. The zero-order valence-electron chi connectivity index (χ0n) is 16.3. The van der Waals surface area contributed by atoms with Gasteiger partial charge < -0.3 is 15.0 Å². The van der Waals surface area contributed by atoms with E-state index >= 15 is 0 Å². The average Bonchev–Trinajstić information content (AvgIpc) is 3.34. The first-order valence-corrected chi connectivity index (χ1v) is 10.9. The second kappa shape index (κ2) is 10.3. The highest BCUT2D eigenvalue weighted by atomic mass is 32.1. The van der Waals surface area contributed by atoms with Gasteiger partial charge in [-0.15, -0.1) is 11.3 Å². The molecule has 146 valence electrons. The maximum absolute atomic E-state index is 5.51. The van der Waals surface area contributed by atoms with E-state index in [-0.39, 0.29) is 0 Å². The molecule has 6 heteroatoms. The third-order valence-electron chi connectivity index (χ3n) is 5.42. The molecule has 0 radical (unpaired) electrons. The molecule has 1 aromatic rings. The summed E-state index contributed by atoms with van der Waals surface area (Å²) in [5.74, 6) is 2.41. The maximum atomic E-state index is 5.51. The summed E-state index contributed by atoms with van der Waals surface area (Å²) >= 11 is 1.87. The van der Waals surface area contributed by atoms with Gasteiger partial charge >= 0.3 is 0 Å². The molecule has 1 aromatic heterocycles. The summed E-state index contributed by atoms with van der Waals surface area (Å²) in [6, 6.07) is 4.40. The van der Waals surface area contributed by atoms with Crippen LogP contribution in [0.4, 0.5) is 0 Å². The summed E-state index contributed by atoms with van der Waals surface area (Å²) in [6.45, 7) is 10.4. The molecule has 2 saturated heterocycles. The molecular weight excluding hydrogens is 344 g/mol. The highest BCUT2D eigenvalue weighted by molar-refractivity contribution is 7.09. The predicted octanol–water partition coefficient (Wildman–Crippen LogP) is 2.89. The van der Waals surface area contributed by atoms with Gasteiger partial charge in [0, 0.05) is 50.6 Å². The lowest BCUT2D eigenvalue weighted by atomic mass is 9.97. The number of guanidine groups is 1. The molecule has 0 bridgehead atoms. The molecule has 2 aliphatic rings. The van der Waals surface area contributed by atoms with Crippen LogP contribution in [0.2, 0.25) is 0 Å². The first-order chi connectivity index (χ1) is 12.7. The molecule has 3 heterocycles. The minimum absolute atomic E-state index is 0.643. The topological polar surface area (TPSA) is 40.1 Å². The van der Waals surface area contributed by atoms with Gasteiger partial charge in [-0.1, -0.05) is 6.07 Å². The van der Waals surface area contributed by atoms with Gasteiger partial charge in [0.1, 0.15) is 0 Å². The van der Waals surface area contributed by atoms with Gasteiger partial charge in [0.05, 0.1) is 6.61 Å². The van der Waals surface area contributed by atoms with Crippen LogP contribution < -0.4 is 5.32 Å². The lowest BCUT2D eigenvalue weighted by Gasteiger charge is -2.31. The number of nitrogens with one attached hydrogen (secondary N) is 1. The van der Waals surface area contributed by atoms with Crippen molar-refractivity contribution in [1.82, 2.24) is 15.1 Å². The standard InChI is InChI=1S/C20H34N4OS/c1-3-21-20(23(2)14-18-8-11-25-16-18)22-13-17-6-9-24(10-7-17)15-19-5-4-12-26-19/h4-5,12,17-18H,3,6-11,13-16H2,1-2H3,(H,21,22). The summed E-state index contributed by atoms with van der Waals surface area (Å²) in [6.07, 6.45) is 3.69. The molecule has 2 fully saturated rings. The Balaban J connectivity index is 1.43. The predicted molar refractivity (Wildman–Crippen MR) is 110 cm³/mol. The van der Waals surface area contributed by atoms with Gasteiger partial charge in [0.25, 0.3) is 0 Å². The Morgan fingerprint density at radius 2 is 2.19 bits per heavy atom. The average molecular weight is 379 g/mol. The van der Waals surface area contributed by atoms with Crippen molar-refractivity contribution in [3.63, 3.8) is 0 Å². The fraction of sp³-hybridized carbons (Fsp3) is 0.750. The molecule has 1 N–H and O–H groups in total. The zero-order valence-corrected chi connectivity index (χ0v) is 17.1. The Morgan fingerprint density at radius 3 is 2.85 bits per heavy atom. The number of hydrogen-bond donors (Lipinski definition) is 1. The molecule has 1 unspecified atom stereocenters. The quantitative estimate of drug-likeness (QED) is 0.585.